The fraction of sp³-hybridized carbons (Fsp3) is 0.250. The zero-order valence-electron chi connectivity index (χ0n) is 11.1. The van der Waals surface area contributed by atoms with Gasteiger partial charge in [0.2, 0.25) is 0 Å². The van der Waals surface area contributed by atoms with E-state index in [9.17, 15) is 0 Å². The van der Waals surface area contributed by atoms with E-state index in [1.165, 1.54) is 11.1 Å². The monoisotopic (exact) mass is 293 g/mol. The Kier molecular flexibility index (Phi) is 4.87. The molecule has 19 heavy (non-hydrogen) atoms. The summed E-state index contributed by atoms with van der Waals surface area (Å²) in [5, 5.41) is 5.04. The van der Waals surface area contributed by atoms with Crippen molar-refractivity contribution in [2.75, 3.05) is 0 Å². The molecule has 100 valence electrons. The lowest BCUT2D eigenvalue weighted by atomic mass is 10.1. The molecule has 0 bridgehead atoms. The Morgan fingerprint density at radius 2 is 1.74 bits per heavy atom. The average Bonchev–Trinajstić information content (AvgIpc) is 2.38. The Hall–Kier alpha value is -1.02. The van der Waals surface area contributed by atoms with E-state index < -0.39 is 0 Å². The largest absolute Gasteiger partial charge is 0.306 e. The summed E-state index contributed by atoms with van der Waals surface area (Å²) in [7, 11) is 0. The quantitative estimate of drug-likeness (QED) is 0.822. The molecular formula is C16H17Cl2N. The number of halogens is 2. The van der Waals surface area contributed by atoms with Gasteiger partial charge in [-0.1, -0.05) is 47.5 Å². The van der Waals surface area contributed by atoms with Crippen molar-refractivity contribution in [3.63, 3.8) is 0 Å². The molecule has 0 fully saturated rings. The van der Waals surface area contributed by atoms with Gasteiger partial charge in [0.1, 0.15) is 0 Å². The predicted octanol–water partition coefficient (Wildman–Crippen LogP) is 5.15. The molecule has 1 atom stereocenters. The van der Waals surface area contributed by atoms with Gasteiger partial charge in [0.25, 0.3) is 0 Å². The molecule has 2 aromatic rings. The summed E-state index contributed by atoms with van der Waals surface area (Å²) in [4.78, 5) is 0. The molecule has 2 aromatic carbocycles. The van der Waals surface area contributed by atoms with Crippen molar-refractivity contribution in [1.29, 1.82) is 0 Å². The molecular weight excluding hydrogens is 277 g/mol. The first kappa shape index (κ1) is 14.4. The predicted molar refractivity (Wildman–Crippen MR) is 82.9 cm³/mol. The van der Waals surface area contributed by atoms with Gasteiger partial charge < -0.3 is 5.32 Å². The topological polar surface area (TPSA) is 12.0 Å². The standard InChI is InChI=1S/C16H17Cl2N/c1-11-3-4-14(16(18)9-11)10-19-12(2)13-5-7-15(17)8-6-13/h3-9,12,19H,10H2,1-2H3. The van der Waals surface area contributed by atoms with Gasteiger partial charge in [-0.05, 0) is 48.7 Å². The minimum atomic E-state index is 0.259. The summed E-state index contributed by atoms with van der Waals surface area (Å²) < 4.78 is 0. The number of aryl methyl sites for hydroxylation is 1. The van der Waals surface area contributed by atoms with Crippen molar-refractivity contribution in [3.8, 4) is 0 Å². The van der Waals surface area contributed by atoms with E-state index in [4.69, 9.17) is 23.2 Å². The highest BCUT2D eigenvalue weighted by molar-refractivity contribution is 6.31. The summed E-state index contributed by atoms with van der Waals surface area (Å²) in [5.41, 5.74) is 3.51. The van der Waals surface area contributed by atoms with Gasteiger partial charge in [0.05, 0.1) is 0 Å². The van der Waals surface area contributed by atoms with Crippen molar-refractivity contribution in [2.24, 2.45) is 0 Å². The molecule has 1 unspecified atom stereocenters. The molecule has 2 rings (SSSR count). The van der Waals surface area contributed by atoms with Gasteiger partial charge in [-0.2, -0.15) is 0 Å². The summed E-state index contributed by atoms with van der Waals surface area (Å²) in [6.07, 6.45) is 0. The minimum Gasteiger partial charge on any atom is -0.306 e. The van der Waals surface area contributed by atoms with Crippen LogP contribution in [-0.4, -0.2) is 0 Å². The van der Waals surface area contributed by atoms with E-state index in [0.717, 1.165) is 22.2 Å². The molecule has 0 saturated heterocycles. The van der Waals surface area contributed by atoms with Crippen LogP contribution in [0, 0.1) is 6.92 Å². The maximum Gasteiger partial charge on any atom is 0.0453 e. The first-order valence-corrected chi connectivity index (χ1v) is 7.06. The van der Waals surface area contributed by atoms with Crippen molar-refractivity contribution < 1.29 is 0 Å². The molecule has 0 aromatic heterocycles. The molecule has 0 aliphatic carbocycles. The second-order valence-corrected chi connectivity index (χ2v) is 5.59. The third-order valence-electron chi connectivity index (χ3n) is 3.18. The summed E-state index contributed by atoms with van der Waals surface area (Å²) in [5.74, 6) is 0. The van der Waals surface area contributed by atoms with Crippen LogP contribution in [0.5, 0.6) is 0 Å². The van der Waals surface area contributed by atoms with Gasteiger partial charge in [-0.15, -0.1) is 0 Å². The highest BCUT2D eigenvalue weighted by atomic mass is 35.5. The Morgan fingerprint density at radius 1 is 1.05 bits per heavy atom. The lowest BCUT2D eigenvalue weighted by molar-refractivity contribution is 0.575. The third kappa shape index (κ3) is 3.97. The highest BCUT2D eigenvalue weighted by Gasteiger charge is 2.06. The second-order valence-electron chi connectivity index (χ2n) is 4.75. The molecule has 0 amide bonds. The van der Waals surface area contributed by atoms with E-state index in [0.29, 0.717) is 0 Å². The fourth-order valence-corrected chi connectivity index (χ4v) is 2.36. The Labute approximate surface area is 124 Å². The first-order chi connectivity index (χ1) is 9.06. The van der Waals surface area contributed by atoms with E-state index in [2.05, 4.69) is 24.4 Å². The van der Waals surface area contributed by atoms with Crippen molar-refractivity contribution >= 4 is 23.2 Å². The van der Waals surface area contributed by atoms with E-state index in [1.807, 2.05) is 37.3 Å². The number of rotatable bonds is 4. The lowest BCUT2D eigenvalue weighted by Crippen LogP contribution is -2.18. The van der Waals surface area contributed by atoms with Gasteiger partial charge in [0.15, 0.2) is 0 Å². The van der Waals surface area contributed by atoms with Crippen LogP contribution >= 0.6 is 23.2 Å². The van der Waals surface area contributed by atoms with Gasteiger partial charge in [0, 0.05) is 22.6 Å². The zero-order chi connectivity index (χ0) is 13.8. The van der Waals surface area contributed by atoms with E-state index in [1.54, 1.807) is 0 Å². The minimum absolute atomic E-state index is 0.259. The maximum absolute atomic E-state index is 6.22. The van der Waals surface area contributed by atoms with E-state index in [-0.39, 0.29) is 6.04 Å². The Morgan fingerprint density at radius 3 is 2.37 bits per heavy atom. The summed E-state index contributed by atoms with van der Waals surface area (Å²) in [6.45, 7) is 4.92. The number of hydrogen-bond acceptors (Lipinski definition) is 1. The average molecular weight is 294 g/mol. The van der Waals surface area contributed by atoms with Crippen molar-refractivity contribution in [3.05, 3.63) is 69.2 Å². The van der Waals surface area contributed by atoms with Crippen LogP contribution in [-0.2, 0) is 6.54 Å². The van der Waals surface area contributed by atoms with Gasteiger partial charge in [-0.25, -0.2) is 0 Å². The number of nitrogens with one attached hydrogen (secondary N) is 1. The van der Waals surface area contributed by atoms with Crippen LogP contribution in [0.15, 0.2) is 42.5 Å². The maximum atomic E-state index is 6.22. The molecule has 0 spiro atoms. The summed E-state index contributed by atoms with van der Waals surface area (Å²) in [6, 6.07) is 14.3. The van der Waals surface area contributed by atoms with Crippen LogP contribution in [0.2, 0.25) is 10.0 Å². The molecule has 0 saturated carbocycles. The van der Waals surface area contributed by atoms with Crippen LogP contribution < -0.4 is 5.32 Å². The molecule has 3 heteroatoms. The Balaban J connectivity index is 2.00. The Bertz CT molecular complexity index is 549. The molecule has 0 radical (unpaired) electrons. The lowest BCUT2D eigenvalue weighted by Gasteiger charge is -2.15. The van der Waals surface area contributed by atoms with Gasteiger partial charge >= 0.3 is 0 Å². The fourth-order valence-electron chi connectivity index (χ4n) is 1.93. The van der Waals surface area contributed by atoms with Crippen molar-refractivity contribution in [2.45, 2.75) is 26.4 Å². The zero-order valence-corrected chi connectivity index (χ0v) is 12.6. The van der Waals surface area contributed by atoms with Crippen LogP contribution in [0.1, 0.15) is 29.7 Å². The molecule has 1 nitrogen and oxygen atoms in total. The van der Waals surface area contributed by atoms with Crippen LogP contribution in [0.4, 0.5) is 0 Å². The second kappa shape index (κ2) is 6.42. The van der Waals surface area contributed by atoms with Gasteiger partial charge in [-0.3, -0.25) is 0 Å². The molecule has 0 aliphatic heterocycles. The highest BCUT2D eigenvalue weighted by Crippen LogP contribution is 2.20. The number of hydrogen-bond donors (Lipinski definition) is 1. The number of benzene rings is 2. The van der Waals surface area contributed by atoms with Crippen LogP contribution in [0.3, 0.4) is 0 Å². The first-order valence-electron chi connectivity index (χ1n) is 6.30. The third-order valence-corrected chi connectivity index (χ3v) is 3.78. The normalized spacial score (nSPS) is 12.4. The molecule has 0 aliphatic rings. The molecule has 0 heterocycles. The molecule has 1 N–H and O–H groups in total. The van der Waals surface area contributed by atoms with Crippen LogP contribution in [0.25, 0.3) is 0 Å². The SMILES string of the molecule is Cc1ccc(CNC(C)c2ccc(Cl)cc2)c(Cl)c1. The van der Waals surface area contributed by atoms with E-state index >= 15 is 0 Å². The smallest absolute Gasteiger partial charge is 0.0453 e. The summed E-state index contributed by atoms with van der Waals surface area (Å²) >= 11 is 12.1. The van der Waals surface area contributed by atoms with Crippen molar-refractivity contribution in [1.82, 2.24) is 5.32 Å².